The first kappa shape index (κ1) is 10.4. The third-order valence-electron chi connectivity index (χ3n) is 4.06. The lowest BCUT2D eigenvalue weighted by Gasteiger charge is -2.31. The number of fused-ring (bicyclic) bond motifs is 5. The van der Waals surface area contributed by atoms with E-state index in [1.807, 2.05) is 17.0 Å². The number of nitrogens with two attached hydrogens (primary N) is 2. The fourth-order valence-corrected chi connectivity index (χ4v) is 3.18. The van der Waals surface area contributed by atoms with Crippen molar-refractivity contribution >= 4 is 17.3 Å². The van der Waals surface area contributed by atoms with E-state index in [0.717, 1.165) is 19.5 Å². The Labute approximate surface area is 101 Å². The van der Waals surface area contributed by atoms with Crippen molar-refractivity contribution < 1.29 is 4.79 Å². The van der Waals surface area contributed by atoms with E-state index in [4.69, 9.17) is 11.5 Å². The molecule has 17 heavy (non-hydrogen) atoms. The van der Waals surface area contributed by atoms with E-state index < -0.39 is 0 Å². The summed E-state index contributed by atoms with van der Waals surface area (Å²) in [5, 5.41) is 0. The normalized spacial score (nSPS) is 25.8. The molecule has 2 atom stereocenters. The Morgan fingerprint density at radius 2 is 1.65 bits per heavy atom. The van der Waals surface area contributed by atoms with E-state index in [0.29, 0.717) is 23.2 Å². The third kappa shape index (κ3) is 1.47. The molecule has 1 aromatic carbocycles. The van der Waals surface area contributed by atoms with Crippen molar-refractivity contribution in [1.29, 1.82) is 0 Å². The zero-order valence-corrected chi connectivity index (χ0v) is 9.94. The standard InChI is InChI=1S/C13H17N3O/c1-7(17)16-5-8-2-9(6-16)11-4-13(15)12(14)3-10(8)11/h3-4,8-9H,2,5-6,14-15H2,1H3/t8-,9+. The molecule has 2 aliphatic rings. The van der Waals surface area contributed by atoms with E-state index in [1.165, 1.54) is 11.1 Å². The summed E-state index contributed by atoms with van der Waals surface area (Å²) in [6, 6.07) is 4.00. The minimum atomic E-state index is 0.161. The van der Waals surface area contributed by atoms with Crippen LogP contribution in [0.3, 0.4) is 0 Å². The van der Waals surface area contributed by atoms with Crippen LogP contribution in [-0.4, -0.2) is 23.9 Å². The van der Waals surface area contributed by atoms with Gasteiger partial charge in [-0.3, -0.25) is 4.79 Å². The molecule has 1 heterocycles. The highest BCUT2D eigenvalue weighted by Crippen LogP contribution is 2.47. The molecule has 0 saturated carbocycles. The Kier molecular flexibility index (Phi) is 2.08. The van der Waals surface area contributed by atoms with Crippen molar-refractivity contribution in [3.63, 3.8) is 0 Å². The molecule has 4 N–H and O–H groups in total. The van der Waals surface area contributed by atoms with Crippen LogP contribution in [0.2, 0.25) is 0 Å². The van der Waals surface area contributed by atoms with Gasteiger partial charge in [0.05, 0.1) is 11.4 Å². The van der Waals surface area contributed by atoms with Crippen molar-refractivity contribution in [2.75, 3.05) is 24.6 Å². The molecule has 0 spiro atoms. The van der Waals surface area contributed by atoms with E-state index in [1.54, 1.807) is 6.92 Å². The van der Waals surface area contributed by atoms with Gasteiger partial charge in [0.1, 0.15) is 0 Å². The van der Waals surface area contributed by atoms with Gasteiger partial charge in [0.2, 0.25) is 5.91 Å². The summed E-state index contributed by atoms with van der Waals surface area (Å²) in [5.74, 6) is 1.04. The number of rotatable bonds is 0. The van der Waals surface area contributed by atoms with Crippen molar-refractivity contribution in [2.45, 2.75) is 25.2 Å². The second-order valence-corrected chi connectivity index (χ2v) is 5.16. The van der Waals surface area contributed by atoms with Crippen LogP contribution in [0.4, 0.5) is 11.4 Å². The lowest BCUT2D eigenvalue weighted by atomic mass is 9.96. The molecule has 2 bridgehead atoms. The highest BCUT2D eigenvalue weighted by molar-refractivity contribution is 5.74. The molecule has 1 amide bonds. The summed E-state index contributed by atoms with van der Waals surface area (Å²) in [4.78, 5) is 13.4. The largest absolute Gasteiger partial charge is 0.397 e. The van der Waals surface area contributed by atoms with Gasteiger partial charge >= 0.3 is 0 Å². The van der Waals surface area contributed by atoms with E-state index in [9.17, 15) is 4.79 Å². The molecule has 1 aromatic rings. The van der Waals surface area contributed by atoms with Crippen LogP contribution < -0.4 is 11.5 Å². The molecule has 0 radical (unpaired) electrons. The van der Waals surface area contributed by atoms with Crippen LogP contribution in [-0.2, 0) is 4.79 Å². The average molecular weight is 231 g/mol. The van der Waals surface area contributed by atoms with E-state index in [2.05, 4.69) is 0 Å². The Bertz CT molecular complexity index is 461. The highest BCUT2D eigenvalue weighted by atomic mass is 16.2. The molecule has 1 aliphatic carbocycles. The quantitative estimate of drug-likeness (QED) is 0.661. The summed E-state index contributed by atoms with van der Waals surface area (Å²) < 4.78 is 0. The Balaban J connectivity index is 2.02. The molecule has 90 valence electrons. The maximum atomic E-state index is 11.5. The highest BCUT2D eigenvalue weighted by Gasteiger charge is 2.38. The monoisotopic (exact) mass is 231 g/mol. The van der Waals surface area contributed by atoms with Gasteiger partial charge in [0.15, 0.2) is 0 Å². The average Bonchev–Trinajstić information content (AvgIpc) is 2.52. The zero-order valence-electron chi connectivity index (χ0n) is 9.94. The van der Waals surface area contributed by atoms with Gasteiger partial charge in [0.25, 0.3) is 0 Å². The van der Waals surface area contributed by atoms with Crippen molar-refractivity contribution in [2.24, 2.45) is 0 Å². The maximum absolute atomic E-state index is 11.5. The topological polar surface area (TPSA) is 72.3 Å². The van der Waals surface area contributed by atoms with Crippen LogP contribution in [0.1, 0.15) is 36.3 Å². The van der Waals surface area contributed by atoms with Gasteiger partial charge in [0, 0.05) is 31.8 Å². The lowest BCUT2D eigenvalue weighted by molar-refractivity contribution is -0.130. The summed E-state index contributed by atoms with van der Waals surface area (Å²) in [5.41, 5.74) is 15.6. The van der Waals surface area contributed by atoms with Crippen LogP contribution in [0.5, 0.6) is 0 Å². The molecule has 0 aromatic heterocycles. The molecule has 4 nitrogen and oxygen atoms in total. The summed E-state index contributed by atoms with van der Waals surface area (Å²) in [6.07, 6.45) is 1.13. The number of nitrogen functional groups attached to an aromatic ring is 2. The molecule has 0 unspecified atom stereocenters. The summed E-state index contributed by atoms with van der Waals surface area (Å²) in [7, 11) is 0. The number of hydrogen-bond acceptors (Lipinski definition) is 3. The first-order chi connectivity index (χ1) is 8.06. The molecular formula is C13H17N3O. The first-order valence-corrected chi connectivity index (χ1v) is 6.00. The fourth-order valence-electron chi connectivity index (χ4n) is 3.18. The van der Waals surface area contributed by atoms with Crippen molar-refractivity contribution in [3.05, 3.63) is 23.3 Å². The number of amides is 1. The number of benzene rings is 1. The number of likely N-dealkylation sites (tertiary alicyclic amines) is 1. The molecule has 1 saturated heterocycles. The first-order valence-electron chi connectivity index (χ1n) is 6.00. The van der Waals surface area contributed by atoms with Crippen molar-refractivity contribution in [1.82, 2.24) is 4.90 Å². The van der Waals surface area contributed by atoms with Gasteiger partial charge < -0.3 is 16.4 Å². The second-order valence-electron chi connectivity index (χ2n) is 5.16. The minimum absolute atomic E-state index is 0.161. The maximum Gasteiger partial charge on any atom is 0.219 e. The Morgan fingerprint density at radius 3 is 2.06 bits per heavy atom. The van der Waals surface area contributed by atoms with Gasteiger partial charge in [-0.2, -0.15) is 0 Å². The number of carbonyl (C=O) groups excluding carboxylic acids is 1. The van der Waals surface area contributed by atoms with Gasteiger partial charge in [-0.15, -0.1) is 0 Å². The molecule has 4 heteroatoms. The van der Waals surface area contributed by atoms with Gasteiger partial charge in [-0.25, -0.2) is 0 Å². The lowest BCUT2D eigenvalue weighted by Crippen LogP contribution is -2.38. The Hall–Kier alpha value is -1.71. The van der Waals surface area contributed by atoms with Crippen molar-refractivity contribution in [3.8, 4) is 0 Å². The molecule has 3 rings (SSSR count). The Morgan fingerprint density at radius 1 is 1.18 bits per heavy atom. The van der Waals surface area contributed by atoms with E-state index >= 15 is 0 Å². The molecular weight excluding hydrogens is 214 g/mol. The van der Waals surface area contributed by atoms with Crippen LogP contribution in [0.15, 0.2) is 12.1 Å². The third-order valence-corrected chi connectivity index (χ3v) is 4.06. The predicted molar refractivity (Wildman–Crippen MR) is 67.6 cm³/mol. The van der Waals surface area contributed by atoms with E-state index in [-0.39, 0.29) is 5.91 Å². The predicted octanol–water partition coefficient (Wildman–Crippen LogP) is 1.28. The summed E-state index contributed by atoms with van der Waals surface area (Å²) in [6.45, 7) is 3.28. The number of piperidine rings is 1. The number of anilines is 2. The number of hydrogen-bond donors (Lipinski definition) is 2. The van der Waals surface area contributed by atoms with Gasteiger partial charge in [-0.1, -0.05) is 0 Å². The van der Waals surface area contributed by atoms with Crippen LogP contribution in [0, 0.1) is 0 Å². The smallest absolute Gasteiger partial charge is 0.219 e. The SMILES string of the molecule is CC(=O)N1C[C@H]2C[C@@H](C1)c1cc(N)c(N)cc12. The summed E-state index contributed by atoms with van der Waals surface area (Å²) >= 11 is 0. The molecule has 1 aliphatic heterocycles. The zero-order chi connectivity index (χ0) is 12.2. The van der Waals surface area contributed by atoms with Gasteiger partial charge in [-0.05, 0) is 29.7 Å². The van der Waals surface area contributed by atoms with Crippen LogP contribution in [0.25, 0.3) is 0 Å². The minimum Gasteiger partial charge on any atom is -0.397 e. The molecule has 1 fully saturated rings. The number of carbonyl (C=O) groups is 1. The second kappa shape index (κ2) is 3.39. The van der Waals surface area contributed by atoms with Crippen LogP contribution >= 0.6 is 0 Å². The number of nitrogens with zero attached hydrogens (tertiary/aromatic N) is 1. The fraction of sp³-hybridized carbons (Fsp3) is 0.462.